The summed E-state index contributed by atoms with van der Waals surface area (Å²) in [6, 6.07) is 14.0. The van der Waals surface area contributed by atoms with E-state index in [9.17, 15) is 4.79 Å². The number of hydrogen-bond acceptors (Lipinski definition) is 1. The number of hydrogen-bond donors (Lipinski definition) is 1. The number of carbonyl (C=O) groups is 1. The average molecular weight is 267 g/mol. The fourth-order valence-corrected chi connectivity index (χ4v) is 2.22. The van der Waals surface area contributed by atoms with E-state index >= 15 is 0 Å². The number of anilines is 1. The van der Waals surface area contributed by atoms with Gasteiger partial charge in [0.05, 0.1) is 0 Å². The number of rotatable bonds is 4. The first kappa shape index (κ1) is 14.3. The molecule has 0 bridgehead atoms. The Bertz CT molecular complexity index is 599. The van der Waals surface area contributed by atoms with Crippen LogP contribution in [0.5, 0.6) is 0 Å². The average Bonchev–Trinajstić information content (AvgIpc) is 2.44. The number of carbonyl (C=O) groups excluding carboxylic acids is 1. The molecule has 0 saturated heterocycles. The number of benzene rings is 2. The third-order valence-electron chi connectivity index (χ3n) is 3.39. The molecule has 2 heteroatoms. The zero-order chi connectivity index (χ0) is 14.5. The zero-order valence-electron chi connectivity index (χ0n) is 12.4. The minimum atomic E-state index is -0.0468. The third kappa shape index (κ3) is 3.47. The van der Waals surface area contributed by atoms with Gasteiger partial charge in [0.2, 0.25) is 0 Å². The second-order valence-electron chi connectivity index (χ2n) is 5.22. The number of nitrogens with one attached hydrogen (secondary N) is 1. The molecule has 0 unspecified atom stereocenters. The summed E-state index contributed by atoms with van der Waals surface area (Å²) < 4.78 is 0. The van der Waals surface area contributed by atoms with Crippen LogP contribution in [-0.4, -0.2) is 5.91 Å². The maximum atomic E-state index is 12.3. The molecule has 2 aromatic rings. The summed E-state index contributed by atoms with van der Waals surface area (Å²) in [5.74, 6) is -0.0468. The first-order chi connectivity index (χ1) is 9.60. The minimum Gasteiger partial charge on any atom is -0.322 e. The number of amides is 1. The lowest BCUT2D eigenvalue weighted by Gasteiger charge is -2.09. The first-order valence-corrected chi connectivity index (χ1v) is 7.07. The van der Waals surface area contributed by atoms with E-state index in [-0.39, 0.29) is 5.91 Å². The van der Waals surface area contributed by atoms with Gasteiger partial charge >= 0.3 is 0 Å². The second-order valence-corrected chi connectivity index (χ2v) is 5.22. The Labute approximate surface area is 120 Å². The van der Waals surface area contributed by atoms with Crippen LogP contribution < -0.4 is 5.32 Å². The molecule has 2 aromatic carbocycles. The van der Waals surface area contributed by atoms with Crippen LogP contribution in [0.1, 0.15) is 40.4 Å². The Balaban J connectivity index is 2.13. The normalized spacial score (nSPS) is 10.3. The van der Waals surface area contributed by atoms with E-state index in [0.717, 1.165) is 35.2 Å². The van der Waals surface area contributed by atoms with Crippen molar-refractivity contribution in [1.82, 2.24) is 0 Å². The van der Waals surface area contributed by atoms with Gasteiger partial charge in [-0.1, -0.05) is 43.2 Å². The van der Waals surface area contributed by atoms with E-state index < -0.39 is 0 Å². The van der Waals surface area contributed by atoms with Crippen molar-refractivity contribution >= 4 is 11.6 Å². The molecular weight excluding hydrogens is 246 g/mol. The van der Waals surface area contributed by atoms with Gasteiger partial charge in [-0.3, -0.25) is 4.79 Å². The molecule has 20 heavy (non-hydrogen) atoms. The monoisotopic (exact) mass is 267 g/mol. The van der Waals surface area contributed by atoms with Crippen molar-refractivity contribution in [2.24, 2.45) is 0 Å². The van der Waals surface area contributed by atoms with Crippen LogP contribution in [0.4, 0.5) is 5.69 Å². The topological polar surface area (TPSA) is 29.1 Å². The molecule has 0 aliphatic carbocycles. The molecule has 1 amide bonds. The van der Waals surface area contributed by atoms with Gasteiger partial charge in [0.25, 0.3) is 5.91 Å². The lowest BCUT2D eigenvalue weighted by Crippen LogP contribution is -2.13. The molecule has 0 spiro atoms. The molecule has 0 radical (unpaired) electrons. The van der Waals surface area contributed by atoms with Crippen molar-refractivity contribution in [2.75, 3.05) is 5.32 Å². The van der Waals surface area contributed by atoms with Crippen molar-refractivity contribution in [1.29, 1.82) is 0 Å². The highest BCUT2D eigenvalue weighted by Gasteiger charge is 2.09. The highest BCUT2D eigenvalue weighted by Crippen LogP contribution is 2.15. The molecule has 0 saturated carbocycles. The van der Waals surface area contributed by atoms with Gasteiger partial charge in [-0.2, -0.15) is 0 Å². The van der Waals surface area contributed by atoms with Crippen molar-refractivity contribution in [3.05, 3.63) is 64.7 Å². The van der Waals surface area contributed by atoms with E-state index in [1.54, 1.807) is 0 Å². The third-order valence-corrected chi connectivity index (χ3v) is 3.39. The quantitative estimate of drug-likeness (QED) is 0.867. The van der Waals surface area contributed by atoms with E-state index in [4.69, 9.17) is 0 Å². The Morgan fingerprint density at radius 2 is 1.75 bits per heavy atom. The van der Waals surface area contributed by atoms with Crippen LogP contribution in [0.25, 0.3) is 0 Å². The Kier molecular flexibility index (Phi) is 4.57. The predicted octanol–water partition coefficient (Wildman–Crippen LogP) is 4.51. The lowest BCUT2D eigenvalue weighted by molar-refractivity contribution is 0.102. The molecule has 2 nitrogen and oxygen atoms in total. The summed E-state index contributed by atoms with van der Waals surface area (Å²) in [5, 5.41) is 2.96. The molecule has 0 heterocycles. The van der Waals surface area contributed by atoms with Crippen LogP contribution in [0.2, 0.25) is 0 Å². The van der Waals surface area contributed by atoms with E-state index in [2.05, 4.69) is 24.4 Å². The molecule has 1 N–H and O–H groups in total. The summed E-state index contributed by atoms with van der Waals surface area (Å²) in [6.45, 7) is 6.12. The largest absolute Gasteiger partial charge is 0.322 e. The number of aryl methyl sites for hydroxylation is 3. The molecular formula is C18H21NO. The Morgan fingerprint density at radius 3 is 2.40 bits per heavy atom. The van der Waals surface area contributed by atoms with Crippen LogP contribution in [0, 0.1) is 13.8 Å². The molecule has 0 aliphatic heterocycles. The maximum absolute atomic E-state index is 12.3. The second kappa shape index (κ2) is 6.38. The fourth-order valence-electron chi connectivity index (χ4n) is 2.22. The highest BCUT2D eigenvalue weighted by molar-refractivity contribution is 6.05. The van der Waals surface area contributed by atoms with Crippen LogP contribution >= 0.6 is 0 Å². The molecule has 104 valence electrons. The summed E-state index contributed by atoms with van der Waals surface area (Å²) in [7, 11) is 0. The van der Waals surface area contributed by atoms with E-state index in [1.165, 1.54) is 5.56 Å². The summed E-state index contributed by atoms with van der Waals surface area (Å²) in [6.07, 6.45) is 2.21. The van der Waals surface area contributed by atoms with Crippen molar-refractivity contribution in [2.45, 2.75) is 33.6 Å². The standard InChI is InChI=1S/C18H21NO/c1-4-5-15-8-10-16(11-9-15)19-18(20)17-12-13(2)6-7-14(17)3/h6-12H,4-5H2,1-3H3,(H,19,20). The van der Waals surface area contributed by atoms with Crippen molar-refractivity contribution in [3.63, 3.8) is 0 Å². The Morgan fingerprint density at radius 1 is 1.05 bits per heavy atom. The SMILES string of the molecule is CCCc1ccc(NC(=O)c2cc(C)ccc2C)cc1. The summed E-state index contributed by atoms with van der Waals surface area (Å²) in [4.78, 5) is 12.3. The van der Waals surface area contributed by atoms with E-state index in [1.807, 2.05) is 44.2 Å². The van der Waals surface area contributed by atoms with E-state index in [0.29, 0.717) is 0 Å². The summed E-state index contributed by atoms with van der Waals surface area (Å²) >= 11 is 0. The van der Waals surface area contributed by atoms with Gasteiger partial charge in [-0.05, 0) is 49.6 Å². The van der Waals surface area contributed by atoms with Gasteiger partial charge < -0.3 is 5.32 Å². The van der Waals surface area contributed by atoms with Gasteiger partial charge in [0.15, 0.2) is 0 Å². The highest BCUT2D eigenvalue weighted by atomic mass is 16.1. The summed E-state index contributed by atoms with van der Waals surface area (Å²) in [5.41, 5.74) is 4.98. The molecule has 0 fully saturated rings. The van der Waals surface area contributed by atoms with Gasteiger partial charge in [0, 0.05) is 11.3 Å². The van der Waals surface area contributed by atoms with Gasteiger partial charge in [-0.15, -0.1) is 0 Å². The molecule has 2 rings (SSSR count). The fraction of sp³-hybridized carbons (Fsp3) is 0.278. The predicted molar refractivity (Wildman–Crippen MR) is 84.3 cm³/mol. The van der Waals surface area contributed by atoms with Crippen molar-refractivity contribution in [3.8, 4) is 0 Å². The first-order valence-electron chi connectivity index (χ1n) is 7.07. The molecule has 0 aliphatic rings. The maximum Gasteiger partial charge on any atom is 0.255 e. The van der Waals surface area contributed by atoms with Gasteiger partial charge in [-0.25, -0.2) is 0 Å². The smallest absolute Gasteiger partial charge is 0.255 e. The lowest BCUT2D eigenvalue weighted by atomic mass is 10.0. The van der Waals surface area contributed by atoms with Crippen LogP contribution in [0.3, 0.4) is 0 Å². The van der Waals surface area contributed by atoms with Crippen LogP contribution in [-0.2, 0) is 6.42 Å². The molecule has 0 aromatic heterocycles. The Hall–Kier alpha value is -2.09. The minimum absolute atomic E-state index is 0.0468. The van der Waals surface area contributed by atoms with Gasteiger partial charge in [0.1, 0.15) is 0 Å². The van der Waals surface area contributed by atoms with Crippen LogP contribution in [0.15, 0.2) is 42.5 Å². The van der Waals surface area contributed by atoms with Crippen molar-refractivity contribution < 1.29 is 4.79 Å². The zero-order valence-corrected chi connectivity index (χ0v) is 12.4. The molecule has 0 atom stereocenters.